The Balaban J connectivity index is 1.74. The number of carbonyl (C=O) groups is 2. The average molecular weight is 508 g/mol. The third kappa shape index (κ3) is 7.35. The molecule has 0 spiro atoms. The van der Waals surface area contributed by atoms with E-state index in [1.807, 2.05) is 75.4 Å². The standard InChI is InChI=1S/C29H37N3O3S/c1-29(2,3)35-28(34)32-21-13-20-31-27(33)26(30)22-36(23-14-7-4-8-15-23,24-16-9-5-10-17-24)25-18-11-6-12-19-25/h4-12,14-19,26H,13,20-22,30H2,1-3H3,(H,31,33)(H,32,34)/t26-/m0/s1. The van der Waals surface area contributed by atoms with Gasteiger partial charge in [0.25, 0.3) is 0 Å². The molecule has 4 N–H and O–H groups in total. The second kappa shape index (κ2) is 12.6. The van der Waals surface area contributed by atoms with Gasteiger partial charge in [0.15, 0.2) is 0 Å². The van der Waals surface area contributed by atoms with Gasteiger partial charge in [0.05, 0.1) is 6.04 Å². The van der Waals surface area contributed by atoms with Crippen LogP contribution in [0.4, 0.5) is 4.79 Å². The van der Waals surface area contributed by atoms with Crippen LogP contribution in [0, 0.1) is 0 Å². The molecule has 0 aliphatic heterocycles. The van der Waals surface area contributed by atoms with E-state index in [4.69, 9.17) is 10.5 Å². The molecule has 0 aliphatic rings. The summed E-state index contributed by atoms with van der Waals surface area (Å²) in [4.78, 5) is 28.3. The zero-order chi connectivity index (χ0) is 26.0. The molecule has 192 valence electrons. The van der Waals surface area contributed by atoms with Gasteiger partial charge in [-0.15, -0.1) is 0 Å². The zero-order valence-electron chi connectivity index (χ0n) is 21.3. The third-order valence-electron chi connectivity index (χ3n) is 5.52. The maximum Gasteiger partial charge on any atom is 0.407 e. The van der Waals surface area contributed by atoms with Gasteiger partial charge in [-0.25, -0.2) is 4.79 Å². The van der Waals surface area contributed by atoms with E-state index in [0.29, 0.717) is 25.3 Å². The first-order chi connectivity index (χ1) is 17.2. The minimum atomic E-state index is -1.80. The van der Waals surface area contributed by atoms with Crippen LogP contribution < -0.4 is 16.4 Å². The highest BCUT2D eigenvalue weighted by atomic mass is 32.3. The Hall–Kier alpha value is -3.29. The summed E-state index contributed by atoms with van der Waals surface area (Å²) < 4.78 is 5.23. The van der Waals surface area contributed by atoms with E-state index in [1.54, 1.807) is 0 Å². The molecule has 3 rings (SSSR count). The Bertz CT molecular complexity index is 1010. The molecule has 0 unspecified atom stereocenters. The van der Waals surface area contributed by atoms with Gasteiger partial charge in [0.2, 0.25) is 5.91 Å². The molecule has 36 heavy (non-hydrogen) atoms. The minimum absolute atomic E-state index is 0.202. The van der Waals surface area contributed by atoms with Crippen LogP contribution in [0.5, 0.6) is 0 Å². The van der Waals surface area contributed by atoms with Crippen molar-refractivity contribution in [2.75, 3.05) is 18.8 Å². The summed E-state index contributed by atoms with van der Waals surface area (Å²) in [6.07, 6.45) is 0.110. The van der Waals surface area contributed by atoms with Crippen LogP contribution in [0.2, 0.25) is 0 Å². The number of nitrogens with two attached hydrogens (primary N) is 1. The van der Waals surface area contributed by atoms with Crippen molar-refractivity contribution < 1.29 is 14.3 Å². The van der Waals surface area contributed by atoms with Gasteiger partial charge in [-0.3, -0.25) is 4.79 Å². The Labute approximate surface area is 215 Å². The first-order valence-corrected chi connectivity index (χ1v) is 14.0. The number of amides is 2. The summed E-state index contributed by atoms with van der Waals surface area (Å²) in [6, 6.07) is 30.3. The lowest BCUT2D eigenvalue weighted by atomic mass is 10.2. The molecule has 0 aliphatic carbocycles. The molecule has 3 aromatic carbocycles. The Kier molecular flexibility index (Phi) is 9.56. The lowest BCUT2D eigenvalue weighted by Crippen LogP contribution is -2.45. The number of hydrogen-bond donors (Lipinski definition) is 3. The fraction of sp³-hybridized carbons (Fsp3) is 0.310. The number of nitrogens with one attached hydrogen (secondary N) is 2. The van der Waals surface area contributed by atoms with Crippen molar-refractivity contribution in [2.24, 2.45) is 5.73 Å². The summed E-state index contributed by atoms with van der Waals surface area (Å²) in [5.74, 6) is 0.277. The minimum Gasteiger partial charge on any atom is -0.444 e. The highest BCUT2D eigenvalue weighted by Gasteiger charge is 2.34. The molecule has 0 fully saturated rings. The normalized spacial score (nSPS) is 12.9. The van der Waals surface area contributed by atoms with Crippen molar-refractivity contribution in [1.29, 1.82) is 0 Å². The van der Waals surface area contributed by atoms with Crippen molar-refractivity contribution in [3.8, 4) is 0 Å². The van der Waals surface area contributed by atoms with E-state index in [-0.39, 0.29) is 5.91 Å². The quantitative estimate of drug-likeness (QED) is 0.324. The van der Waals surface area contributed by atoms with Crippen LogP contribution in [0.1, 0.15) is 27.2 Å². The number of alkyl carbamates (subject to hydrolysis) is 1. The molecule has 0 radical (unpaired) electrons. The second-order valence-electron chi connectivity index (χ2n) is 9.52. The molecular weight excluding hydrogens is 470 g/mol. The van der Waals surface area contributed by atoms with E-state index in [1.165, 1.54) is 0 Å². The topological polar surface area (TPSA) is 93.5 Å². The fourth-order valence-electron chi connectivity index (χ4n) is 3.94. The van der Waals surface area contributed by atoms with Gasteiger partial charge < -0.3 is 21.1 Å². The molecule has 0 aromatic heterocycles. The predicted molar refractivity (Wildman–Crippen MR) is 146 cm³/mol. The van der Waals surface area contributed by atoms with Crippen molar-refractivity contribution in [3.63, 3.8) is 0 Å². The highest BCUT2D eigenvalue weighted by Crippen LogP contribution is 2.68. The van der Waals surface area contributed by atoms with Gasteiger partial charge in [-0.05, 0) is 78.3 Å². The maximum atomic E-state index is 13.1. The molecule has 6 nitrogen and oxygen atoms in total. The van der Waals surface area contributed by atoms with Gasteiger partial charge in [0.1, 0.15) is 5.60 Å². The molecule has 7 heteroatoms. The summed E-state index contributed by atoms with van der Waals surface area (Å²) in [5, 5.41) is 5.64. The Morgan fingerprint density at radius 3 is 1.61 bits per heavy atom. The summed E-state index contributed by atoms with van der Waals surface area (Å²) >= 11 is 0. The van der Waals surface area contributed by atoms with Gasteiger partial charge in [0, 0.05) is 18.8 Å². The van der Waals surface area contributed by atoms with Gasteiger partial charge in [-0.2, -0.15) is 10.0 Å². The monoisotopic (exact) mass is 507 g/mol. The number of rotatable bonds is 10. The number of ether oxygens (including phenoxy) is 1. The summed E-state index contributed by atoms with van der Waals surface area (Å²) in [5.41, 5.74) is 6.02. The predicted octanol–water partition coefficient (Wildman–Crippen LogP) is 5.33. The smallest absolute Gasteiger partial charge is 0.407 e. The van der Waals surface area contributed by atoms with Crippen LogP contribution in [0.15, 0.2) is 106 Å². The molecule has 2 amide bonds. The van der Waals surface area contributed by atoms with Crippen molar-refractivity contribution in [3.05, 3.63) is 91.0 Å². The number of hydrogen-bond acceptors (Lipinski definition) is 4. The van der Waals surface area contributed by atoms with Crippen LogP contribution in [-0.2, 0) is 9.53 Å². The highest BCUT2D eigenvalue weighted by molar-refractivity contribution is 8.33. The molecular formula is C29H37N3O3S. The largest absolute Gasteiger partial charge is 0.444 e. The van der Waals surface area contributed by atoms with Crippen molar-refractivity contribution in [1.82, 2.24) is 10.6 Å². The first kappa shape index (κ1) is 27.3. The Morgan fingerprint density at radius 1 is 0.778 bits per heavy atom. The van der Waals surface area contributed by atoms with Crippen LogP contribution in [0.25, 0.3) is 0 Å². The molecule has 1 atom stereocenters. The van der Waals surface area contributed by atoms with E-state index >= 15 is 0 Å². The zero-order valence-corrected chi connectivity index (χ0v) is 22.1. The average Bonchev–Trinajstić information content (AvgIpc) is 2.87. The SMILES string of the molecule is CC(C)(C)OC(=O)NCCCNC(=O)[C@@H](N)CS(c1ccccc1)(c1ccccc1)c1ccccc1. The third-order valence-corrected chi connectivity index (χ3v) is 9.61. The molecule has 0 saturated heterocycles. The van der Waals surface area contributed by atoms with Crippen molar-refractivity contribution in [2.45, 2.75) is 53.5 Å². The first-order valence-electron chi connectivity index (χ1n) is 12.2. The van der Waals surface area contributed by atoms with E-state index in [2.05, 4.69) is 47.0 Å². The number of benzene rings is 3. The van der Waals surface area contributed by atoms with Gasteiger partial charge >= 0.3 is 6.09 Å². The molecule has 0 saturated carbocycles. The molecule has 0 heterocycles. The fourth-order valence-corrected chi connectivity index (χ4v) is 7.89. The summed E-state index contributed by atoms with van der Waals surface area (Å²) in [6.45, 7) is 6.26. The van der Waals surface area contributed by atoms with Crippen LogP contribution >= 0.6 is 10.0 Å². The Morgan fingerprint density at radius 2 is 1.19 bits per heavy atom. The van der Waals surface area contributed by atoms with Crippen LogP contribution in [0.3, 0.4) is 0 Å². The molecule has 0 bridgehead atoms. The molecule has 3 aromatic rings. The maximum absolute atomic E-state index is 13.1. The number of carbonyl (C=O) groups excluding carboxylic acids is 2. The van der Waals surface area contributed by atoms with E-state index < -0.39 is 27.8 Å². The van der Waals surface area contributed by atoms with Crippen molar-refractivity contribution >= 4 is 22.0 Å². The summed E-state index contributed by atoms with van der Waals surface area (Å²) in [7, 11) is -1.80. The van der Waals surface area contributed by atoms with Gasteiger partial charge in [-0.1, -0.05) is 54.6 Å². The lowest BCUT2D eigenvalue weighted by molar-refractivity contribution is -0.121. The van der Waals surface area contributed by atoms with Crippen LogP contribution in [-0.4, -0.2) is 42.5 Å². The second-order valence-corrected chi connectivity index (χ2v) is 12.8. The van der Waals surface area contributed by atoms with E-state index in [0.717, 1.165) is 14.7 Å². The lowest BCUT2D eigenvalue weighted by Gasteiger charge is -2.43. The van der Waals surface area contributed by atoms with E-state index in [9.17, 15) is 9.59 Å².